The Morgan fingerprint density at radius 3 is 2.67 bits per heavy atom. The van der Waals surface area contributed by atoms with Crippen molar-refractivity contribution in [2.75, 3.05) is 0 Å². The molecule has 0 fully saturated rings. The van der Waals surface area contributed by atoms with E-state index in [1.807, 2.05) is 0 Å². The quantitative estimate of drug-likeness (QED) is 0.683. The molecular formula is C16H11BrFNO4S. The van der Waals surface area contributed by atoms with Crippen molar-refractivity contribution in [2.24, 2.45) is 0 Å². The zero-order valence-corrected chi connectivity index (χ0v) is 14.7. The molecule has 2 N–H and O–H groups in total. The number of nitrogens with zero attached hydrogens (tertiary/aromatic N) is 1. The largest absolute Gasteiger partial charge is 0.505 e. The summed E-state index contributed by atoms with van der Waals surface area (Å²) in [7, 11) is 0. The van der Waals surface area contributed by atoms with Crippen LogP contribution in [0.15, 0.2) is 27.4 Å². The Morgan fingerprint density at radius 1 is 1.38 bits per heavy atom. The maximum atomic E-state index is 14.4. The number of aliphatic carboxylic acids is 1. The average Bonchev–Trinajstić information content (AvgIpc) is 3.05. The van der Waals surface area contributed by atoms with Gasteiger partial charge in [0.1, 0.15) is 0 Å². The third-order valence-electron chi connectivity index (χ3n) is 3.76. The number of carbonyl (C=O) groups excluding carboxylic acids is 1. The Morgan fingerprint density at radius 2 is 2.08 bits per heavy atom. The van der Waals surface area contributed by atoms with Crippen molar-refractivity contribution >= 4 is 50.0 Å². The zero-order valence-electron chi connectivity index (χ0n) is 12.3. The maximum absolute atomic E-state index is 14.4. The smallest absolute Gasteiger partial charge is 0.307 e. The van der Waals surface area contributed by atoms with Gasteiger partial charge in [-0.3, -0.25) is 14.2 Å². The number of benzene rings is 1. The molecule has 1 aromatic carbocycles. The summed E-state index contributed by atoms with van der Waals surface area (Å²) in [5.74, 6) is -3.05. The Bertz CT molecular complexity index is 992. The third-order valence-corrected chi connectivity index (χ3v) is 5.26. The number of carboxylic acid groups (broad SMARTS) is 1. The van der Waals surface area contributed by atoms with Crippen molar-refractivity contribution in [3.8, 4) is 5.75 Å². The van der Waals surface area contributed by atoms with Gasteiger partial charge in [0, 0.05) is 16.5 Å². The predicted octanol–water partition coefficient (Wildman–Crippen LogP) is 3.93. The second-order valence-corrected chi connectivity index (χ2v) is 7.50. The van der Waals surface area contributed by atoms with E-state index in [-0.39, 0.29) is 22.4 Å². The normalized spacial score (nSPS) is 11.1. The highest BCUT2D eigenvalue weighted by molar-refractivity contribution is 9.11. The van der Waals surface area contributed by atoms with Crippen molar-refractivity contribution in [3.63, 3.8) is 0 Å². The van der Waals surface area contributed by atoms with Crippen molar-refractivity contribution in [1.29, 1.82) is 0 Å². The fraction of sp³-hybridized carbons (Fsp3) is 0.125. The van der Waals surface area contributed by atoms with E-state index in [1.54, 1.807) is 18.4 Å². The van der Waals surface area contributed by atoms with Crippen LogP contribution < -0.4 is 0 Å². The van der Waals surface area contributed by atoms with Crippen molar-refractivity contribution in [2.45, 2.75) is 13.3 Å². The molecule has 0 aliphatic carbocycles. The molecule has 3 aromatic rings. The highest BCUT2D eigenvalue weighted by Crippen LogP contribution is 2.34. The van der Waals surface area contributed by atoms with E-state index >= 15 is 0 Å². The molecular weight excluding hydrogens is 401 g/mol. The van der Waals surface area contributed by atoms with Gasteiger partial charge in [0.25, 0.3) is 5.91 Å². The highest BCUT2D eigenvalue weighted by atomic mass is 79.9. The number of hydrogen-bond acceptors (Lipinski definition) is 4. The first-order valence-electron chi connectivity index (χ1n) is 6.83. The fourth-order valence-corrected chi connectivity index (χ4v) is 3.84. The van der Waals surface area contributed by atoms with Crippen LogP contribution in [0.25, 0.3) is 10.9 Å². The first kappa shape index (κ1) is 16.7. The van der Waals surface area contributed by atoms with Crippen LogP contribution in [0.5, 0.6) is 5.75 Å². The number of fused-ring (bicyclic) bond motifs is 1. The summed E-state index contributed by atoms with van der Waals surface area (Å²) in [6.07, 6.45) is -0.448. The summed E-state index contributed by atoms with van der Waals surface area (Å²) >= 11 is 4.62. The van der Waals surface area contributed by atoms with E-state index in [9.17, 15) is 19.1 Å². The molecule has 5 nitrogen and oxygen atoms in total. The van der Waals surface area contributed by atoms with Gasteiger partial charge < -0.3 is 10.2 Å². The standard InChI is InChI=1S/C16H11BrFNO4S/c1-7-9(5-13(21)22)14-10(2-3-11(20)15(14)18)19(7)16(23)8-4-12(17)24-6-8/h2-4,6,20H,5H2,1H3,(H,21,22). The van der Waals surface area contributed by atoms with E-state index in [1.165, 1.54) is 22.0 Å². The molecule has 3 rings (SSSR count). The van der Waals surface area contributed by atoms with Crippen molar-refractivity contribution in [1.82, 2.24) is 4.57 Å². The van der Waals surface area contributed by atoms with E-state index in [4.69, 9.17) is 5.11 Å². The summed E-state index contributed by atoms with van der Waals surface area (Å²) in [5, 5.41) is 20.3. The maximum Gasteiger partial charge on any atom is 0.307 e. The van der Waals surface area contributed by atoms with E-state index in [0.29, 0.717) is 11.3 Å². The lowest BCUT2D eigenvalue weighted by Crippen LogP contribution is -2.13. The molecule has 0 saturated heterocycles. The molecule has 124 valence electrons. The molecule has 0 aliphatic rings. The average molecular weight is 412 g/mol. The van der Waals surface area contributed by atoms with Crippen LogP contribution >= 0.6 is 27.3 Å². The number of phenolic OH excluding ortho intramolecular Hbond substituents is 1. The second kappa shape index (κ2) is 6.03. The van der Waals surface area contributed by atoms with E-state index in [2.05, 4.69) is 15.9 Å². The Labute approximate surface area is 148 Å². The second-order valence-electron chi connectivity index (χ2n) is 5.21. The first-order valence-corrected chi connectivity index (χ1v) is 8.50. The number of halogens is 2. The molecule has 24 heavy (non-hydrogen) atoms. The van der Waals surface area contributed by atoms with Crippen LogP contribution in [-0.4, -0.2) is 26.7 Å². The number of aromatic hydroxyl groups is 1. The van der Waals surface area contributed by atoms with Gasteiger partial charge in [-0.15, -0.1) is 11.3 Å². The van der Waals surface area contributed by atoms with Gasteiger partial charge in [0.2, 0.25) is 0 Å². The van der Waals surface area contributed by atoms with Gasteiger partial charge in [-0.1, -0.05) is 0 Å². The number of thiophene rings is 1. The zero-order chi connectivity index (χ0) is 17.6. The van der Waals surface area contributed by atoms with Crippen molar-refractivity contribution in [3.05, 3.63) is 50.0 Å². The predicted molar refractivity (Wildman–Crippen MR) is 91.4 cm³/mol. The van der Waals surface area contributed by atoms with Gasteiger partial charge in [-0.05, 0) is 46.6 Å². The van der Waals surface area contributed by atoms with Gasteiger partial charge in [0.05, 0.1) is 21.3 Å². The molecule has 0 aliphatic heterocycles. The summed E-state index contributed by atoms with van der Waals surface area (Å²) in [6.45, 7) is 1.56. The van der Waals surface area contributed by atoms with Gasteiger partial charge in [-0.2, -0.15) is 0 Å². The fourth-order valence-electron chi connectivity index (χ4n) is 2.71. The van der Waals surface area contributed by atoms with Crippen LogP contribution in [0, 0.1) is 12.7 Å². The Hall–Kier alpha value is -2.19. The lowest BCUT2D eigenvalue weighted by atomic mass is 10.1. The van der Waals surface area contributed by atoms with E-state index in [0.717, 1.165) is 9.85 Å². The molecule has 0 unspecified atom stereocenters. The third kappa shape index (κ3) is 2.61. The van der Waals surface area contributed by atoms with Crippen LogP contribution in [-0.2, 0) is 11.2 Å². The highest BCUT2D eigenvalue weighted by Gasteiger charge is 2.25. The molecule has 0 radical (unpaired) electrons. The molecule has 0 amide bonds. The number of phenols is 1. The minimum Gasteiger partial charge on any atom is -0.505 e. The molecule has 2 aromatic heterocycles. The SMILES string of the molecule is Cc1c(CC(=O)O)c2c(F)c(O)ccc2n1C(=O)c1csc(Br)c1. The van der Waals surface area contributed by atoms with Crippen LogP contribution in [0.2, 0.25) is 0 Å². The monoisotopic (exact) mass is 411 g/mol. The lowest BCUT2D eigenvalue weighted by Gasteiger charge is -2.06. The lowest BCUT2D eigenvalue weighted by molar-refractivity contribution is -0.136. The minimum atomic E-state index is -1.15. The molecule has 2 heterocycles. The van der Waals surface area contributed by atoms with Crippen LogP contribution in [0.3, 0.4) is 0 Å². The summed E-state index contributed by atoms with van der Waals surface area (Å²) < 4.78 is 16.5. The van der Waals surface area contributed by atoms with Gasteiger partial charge in [0.15, 0.2) is 11.6 Å². The van der Waals surface area contributed by atoms with Crippen LogP contribution in [0.4, 0.5) is 4.39 Å². The summed E-state index contributed by atoms with van der Waals surface area (Å²) in [6, 6.07) is 4.20. The number of hydrogen-bond donors (Lipinski definition) is 2. The molecule has 0 spiro atoms. The van der Waals surface area contributed by atoms with Gasteiger partial charge in [-0.25, -0.2) is 4.39 Å². The van der Waals surface area contributed by atoms with E-state index < -0.39 is 24.0 Å². The minimum absolute atomic E-state index is 0.0439. The Balaban J connectivity index is 2.32. The molecule has 0 saturated carbocycles. The number of aromatic nitrogens is 1. The first-order chi connectivity index (χ1) is 11.3. The van der Waals surface area contributed by atoms with Crippen molar-refractivity contribution < 1.29 is 24.2 Å². The number of carbonyl (C=O) groups is 2. The van der Waals surface area contributed by atoms with Crippen LogP contribution in [0.1, 0.15) is 21.6 Å². The van der Waals surface area contributed by atoms with Gasteiger partial charge >= 0.3 is 5.97 Å². The number of rotatable bonds is 3. The topological polar surface area (TPSA) is 79.5 Å². The Kier molecular flexibility index (Phi) is 4.18. The molecule has 0 atom stereocenters. The summed E-state index contributed by atoms with van der Waals surface area (Å²) in [4.78, 5) is 23.9. The molecule has 0 bridgehead atoms. The molecule has 8 heteroatoms. The summed E-state index contributed by atoms with van der Waals surface area (Å²) in [5.41, 5.74) is 1.14. The number of carboxylic acids is 1.